The molecule has 0 aromatic carbocycles. The fourth-order valence-electron chi connectivity index (χ4n) is 4.56. The van der Waals surface area contributed by atoms with Crippen LogP contribution < -0.4 is 0 Å². The summed E-state index contributed by atoms with van der Waals surface area (Å²) >= 11 is 0. The monoisotopic (exact) mass is 246 g/mol. The molecular formula is C15H22N2O. The molecular weight excluding hydrogens is 224 g/mol. The third-order valence-corrected chi connectivity index (χ3v) is 5.37. The second-order valence-corrected chi connectivity index (χ2v) is 6.36. The fourth-order valence-corrected chi connectivity index (χ4v) is 4.56. The van der Waals surface area contributed by atoms with Crippen molar-refractivity contribution in [1.82, 2.24) is 9.80 Å². The van der Waals surface area contributed by atoms with Crippen LogP contribution in [0.25, 0.3) is 0 Å². The van der Waals surface area contributed by atoms with Gasteiger partial charge in [0.2, 0.25) is 5.91 Å². The smallest absolute Gasteiger partial charge is 0.231 e. The Morgan fingerprint density at radius 1 is 1.17 bits per heavy atom. The van der Waals surface area contributed by atoms with Crippen LogP contribution in [0.3, 0.4) is 0 Å². The molecule has 4 aliphatic rings. The lowest BCUT2D eigenvalue weighted by Gasteiger charge is -2.53. The van der Waals surface area contributed by atoms with Crippen LogP contribution in [0.15, 0.2) is 11.8 Å². The molecule has 4 rings (SSSR count). The Hall–Kier alpha value is -0.830. The Morgan fingerprint density at radius 2 is 2.11 bits per heavy atom. The maximum atomic E-state index is 12.7. The number of nitrogens with zero attached hydrogens (tertiary/aromatic N) is 2. The van der Waals surface area contributed by atoms with Gasteiger partial charge in [-0.1, -0.05) is 12.5 Å². The van der Waals surface area contributed by atoms with Crippen LogP contribution in [-0.4, -0.2) is 41.4 Å². The van der Waals surface area contributed by atoms with Gasteiger partial charge in [-0.2, -0.15) is 0 Å². The summed E-state index contributed by atoms with van der Waals surface area (Å²) in [5.74, 6) is 1.38. The Bertz CT molecular complexity index is 403. The van der Waals surface area contributed by atoms with Crippen LogP contribution in [0.2, 0.25) is 0 Å². The SMILES string of the molecule is O=C1C2CC(CN3CCCC[C@H]23)C2=CCCCN12. The molecule has 2 bridgehead atoms. The minimum Gasteiger partial charge on any atom is -0.316 e. The van der Waals surface area contributed by atoms with E-state index in [1.54, 1.807) is 0 Å². The van der Waals surface area contributed by atoms with Crippen LogP contribution in [0.5, 0.6) is 0 Å². The Balaban J connectivity index is 1.69. The van der Waals surface area contributed by atoms with Gasteiger partial charge in [0.1, 0.15) is 0 Å². The van der Waals surface area contributed by atoms with E-state index in [9.17, 15) is 4.79 Å². The number of hydrogen-bond acceptors (Lipinski definition) is 2. The minimum atomic E-state index is 0.305. The molecule has 0 N–H and O–H groups in total. The summed E-state index contributed by atoms with van der Waals surface area (Å²) in [5.41, 5.74) is 1.37. The average molecular weight is 246 g/mol. The van der Waals surface area contributed by atoms with Gasteiger partial charge in [-0.25, -0.2) is 0 Å². The summed E-state index contributed by atoms with van der Waals surface area (Å²) in [7, 11) is 0. The van der Waals surface area contributed by atoms with Crippen molar-refractivity contribution in [2.24, 2.45) is 11.8 Å². The molecule has 3 saturated heterocycles. The summed E-state index contributed by atoms with van der Waals surface area (Å²) in [6.07, 6.45) is 9.68. The molecule has 0 radical (unpaired) electrons. The van der Waals surface area contributed by atoms with E-state index in [2.05, 4.69) is 15.9 Å². The van der Waals surface area contributed by atoms with E-state index in [0.717, 1.165) is 19.4 Å². The summed E-state index contributed by atoms with van der Waals surface area (Å²) in [4.78, 5) is 17.4. The second kappa shape index (κ2) is 4.09. The fraction of sp³-hybridized carbons (Fsp3) is 0.800. The van der Waals surface area contributed by atoms with Crippen molar-refractivity contribution < 1.29 is 4.79 Å². The molecule has 3 atom stereocenters. The van der Waals surface area contributed by atoms with Crippen molar-refractivity contribution in [3.05, 3.63) is 11.8 Å². The van der Waals surface area contributed by atoms with Gasteiger partial charge in [0, 0.05) is 30.7 Å². The largest absolute Gasteiger partial charge is 0.316 e. The van der Waals surface area contributed by atoms with Gasteiger partial charge < -0.3 is 4.90 Å². The first-order valence-electron chi connectivity index (χ1n) is 7.60. The molecule has 0 saturated carbocycles. The number of fused-ring (bicyclic) bond motifs is 6. The average Bonchev–Trinajstić information content (AvgIpc) is 2.44. The lowest BCUT2D eigenvalue weighted by atomic mass is 9.73. The van der Waals surface area contributed by atoms with Gasteiger partial charge in [0.25, 0.3) is 0 Å². The van der Waals surface area contributed by atoms with E-state index in [4.69, 9.17) is 0 Å². The van der Waals surface area contributed by atoms with Crippen molar-refractivity contribution in [1.29, 1.82) is 0 Å². The molecule has 3 heteroatoms. The van der Waals surface area contributed by atoms with Crippen molar-refractivity contribution >= 4 is 5.91 Å². The highest BCUT2D eigenvalue weighted by Gasteiger charge is 2.48. The Kier molecular flexibility index (Phi) is 2.51. The number of amides is 1. The number of carbonyl (C=O) groups excluding carboxylic acids is 1. The normalized spacial score (nSPS) is 40.0. The molecule has 4 aliphatic heterocycles. The topological polar surface area (TPSA) is 23.6 Å². The van der Waals surface area contributed by atoms with Gasteiger partial charge in [0.05, 0.1) is 5.92 Å². The van der Waals surface area contributed by atoms with Crippen molar-refractivity contribution in [2.45, 2.75) is 44.6 Å². The molecule has 0 aliphatic carbocycles. The van der Waals surface area contributed by atoms with E-state index >= 15 is 0 Å². The van der Waals surface area contributed by atoms with Crippen LogP contribution >= 0.6 is 0 Å². The van der Waals surface area contributed by atoms with Gasteiger partial charge in [0.15, 0.2) is 0 Å². The predicted molar refractivity (Wildman–Crippen MR) is 69.8 cm³/mol. The zero-order chi connectivity index (χ0) is 12.1. The van der Waals surface area contributed by atoms with Gasteiger partial charge >= 0.3 is 0 Å². The van der Waals surface area contributed by atoms with E-state index in [1.807, 2.05) is 0 Å². The van der Waals surface area contributed by atoms with E-state index in [-0.39, 0.29) is 0 Å². The molecule has 3 fully saturated rings. The highest BCUT2D eigenvalue weighted by atomic mass is 16.2. The van der Waals surface area contributed by atoms with Crippen molar-refractivity contribution in [3.8, 4) is 0 Å². The molecule has 3 nitrogen and oxygen atoms in total. The molecule has 0 spiro atoms. The van der Waals surface area contributed by atoms with Gasteiger partial charge in [-0.05, 0) is 38.6 Å². The first kappa shape index (κ1) is 11.0. The Morgan fingerprint density at radius 3 is 3.06 bits per heavy atom. The zero-order valence-corrected chi connectivity index (χ0v) is 11.0. The first-order chi connectivity index (χ1) is 8.84. The maximum absolute atomic E-state index is 12.7. The standard InChI is InChI=1S/C15H22N2O/c18-15-12-9-11(13-5-2-4-8-17(13)15)10-16-7-3-1-6-14(12)16/h5,11-12,14H,1-4,6-10H2/t11?,12?,14-/m1/s1. The lowest BCUT2D eigenvalue weighted by Crippen LogP contribution is -2.60. The molecule has 0 aromatic rings. The zero-order valence-electron chi connectivity index (χ0n) is 11.0. The van der Waals surface area contributed by atoms with Crippen molar-refractivity contribution in [3.63, 3.8) is 0 Å². The highest BCUT2D eigenvalue weighted by Crippen LogP contribution is 2.43. The van der Waals surface area contributed by atoms with Crippen LogP contribution in [0.4, 0.5) is 0 Å². The summed E-state index contributed by atoms with van der Waals surface area (Å²) in [6, 6.07) is 0.561. The molecule has 98 valence electrons. The minimum absolute atomic E-state index is 0.305. The van der Waals surface area contributed by atoms with Gasteiger partial charge in [-0.3, -0.25) is 9.69 Å². The molecule has 2 unspecified atom stereocenters. The first-order valence-corrected chi connectivity index (χ1v) is 7.60. The number of carbonyl (C=O) groups is 1. The van der Waals surface area contributed by atoms with Gasteiger partial charge in [-0.15, -0.1) is 0 Å². The number of allylic oxidation sites excluding steroid dienone is 1. The maximum Gasteiger partial charge on any atom is 0.231 e. The summed E-state index contributed by atoms with van der Waals surface area (Å²) < 4.78 is 0. The molecule has 4 heterocycles. The van der Waals surface area contributed by atoms with E-state index in [1.165, 1.54) is 44.5 Å². The lowest BCUT2D eigenvalue weighted by molar-refractivity contribution is -0.145. The third kappa shape index (κ3) is 1.49. The third-order valence-electron chi connectivity index (χ3n) is 5.37. The second-order valence-electron chi connectivity index (χ2n) is 6.36. The quantitative estimate of drug-likeness (QED) is 0.652. The molecule has 18 heavy (non-hydrogen) atoms. The predicted octanol–water partition coefficient (Wildman–Crippen LogP) is 2.00. The summed E-state index contributed by atoms with van der Waals surface area (Å²) in [6.45, 7) is 3.40. The number of hydrogen-bond donors (Lipinski definition) is 0. The summed E-state index contributed by atoms with van der Waals surface area (Å²) in [5, 5.41) is 0. The number of rotatable bonds is 0. The Labute approximate surface area is 109 Å². The number of piperidine rings is 3. The van der Waals surface area contributed by atoms with E-state index in [0.29, 0.717) is 23.8 Å². The molecule has 0 aromatic heterocycles. The van der Waals surface area contributed by atoms with Crippen LogP contribution in [0, 0.1) is 11.8 Å². The molecule has 1 amide bonds. The van der Waals surface area contributed by atoms with Crippen molar-refractivity contribution in [2.75, 3.05) is 19.6 Å². The highest BCUT2D eigenvalue weighted by molar-refractivity contribution is 5.83. The van der Waals surface area contributed by atoms with E-state index < -0.39 is 0 Å². The van der Waals surface area contributed by atoms with Crippen LogP contribution in [-0.2, 0) is 4.79 Å². The van der Waals surface area contributed by atoms with Crippen LogP contribution in [0.1, 0.15) is 38.5 Å².